The number of hydrogen-bond donors (Lipinski definition) is 1. The average Bonchev–Trinajstić information content (AvgIpc) is 2.94. The highest BCUT2D eigenvalue weighted by Crippen LogP contribution is 2.23. The number of hydrogen-bond acceptors (Lipinski definition) is 4. The fourth-order valence-electron chi connectivity index (χ4n) is 2.50. The van der Waals surface area contributed by atoms with E-state index in [-0.39, 0.29) is 17.9 Å². The Morgan fingerprint density at radius 1 is 1.45 bits per heavy atom. The monoisotopic (exact) mass is 295 g/mol. The molecule has 0 bridgehead atoms. The highest BCUT2D eigenvalue weighted by Gasteiger charge is 2.45. The lowest BCUT2D eigenvalue weighted by atomic mass is 9.91. The molecule has 1 aromatic rings. The molecule has 20 heavy (non-hydrogen) atoms. The highest BCUT2D eigenvalue weighted by molar-refractivity contribution is 7.09. The second-order valence-corrected chi connectivity index (χ2v) is 6.25. The van der Waals surface area contributed by atoms with Gasteiger partial charge in [0.15, 0.2) is 0 Å². The minimum Gasteiger partial charge on any atom is -0.340 e. The summed E-state index contributed by atoms with van der Waals surface area (Å²) in [6, 6.07) is -0.359. The summed E-state index contributed by atoms with van der Waals surface area (Å²) >= 11 is 1.58. The van der Waals surface area contributed by atoms with Gasteiger partial charge in [0.1, 0.15) is 11.6 Å². The Bertz CT molecular complexity index is 489. The van der Waals surface area contributed by atoms with E-state index in [0.717, 1.165) is 5.01 Å². The first-order chi connectivity index (χ1) is 9.51. The summed E-state index contributed by atoms with van der Waals surface area (Å²) in [5.74, 6) is -0.0291. The van der Waals surface area contributed by atoms with E-state index in [1.54, 1.807) is 29.4 Å². The van der Waals surface area contributed by atoms with E-state index >= 15 is 0 Å². The molecule has 0 aliphatic carbocycles. The van der Waals surface area contributed by atoms with Gasteiger partial charge >= 0.3 is 0 Å². The maximum atomic E-state index is 12.6. The Hall–Kier alpha value is -1.43. The Morgan fingerprint density at radius 2 is 2.20 bits per heavy atom. The highest BCUT2D eigenvalue weighted by atomic mass is 32.1. The molecule has 2 heterocycles. The molecule has 1 aliphatic rings. The minimum absolute atomic E-state index is 0.0167. The lowest BCUT2D eigenvalue weighted by molar-refractivity contribution is -0.154. The van der Waals surface area contributed by atoms with Crippen LogP contribution in [0.3, 0.4) is 0 Å². The average molecular weight is 295 g/mol. The van der Waals surface area contributed by atoms with Crippen LogP contribution in [-0.4, -0.2) is 39.8 Å². The van der Waals surface area contributed by atoms with Gasteiger partial charge in [-0.3, -0.25) is 9.59 Å². The van der Waals surface area contributed by atoms with Crippen molar-refractivity contribution in [1.29, 1.82) is 0 Å². The molecule has 6 heteroatoms. The first-order valence-electron chi connectivity index (χ1n) is 7.03. The molecule has 2 rings (SSSR count). The van der Waals surface area contributed by atoms with Gasteiger partial charge in [-0.2, -0.15) is 0 Å². The van der Waals surface area contributed by atoms with Crippen molar-refractivity contribution in [3.05, 3.63) is 16.6 Å². The van der Waals surface area contributed by atoms with E-state index in [0.29, 0.717) is 25.8 Å². The maximum Gasteiger partial charge on any atom is 0.248 e. The van der Waals surface area contributed by atoms with Crippen molar-refractivity contribution in [3.8, 4) is 0 Å². The van der Waals surface area contributed by atoms with Crippen LogP contribution >= 0.6 is 11.3 Å². The smallest absolute Gasteiger partial charge is 0.248 e. The molecule has 2 amide bonds. The minimum atomic E-state index is -0.772. The van der Waals surface area contributed by atoms with Gasteiger partial charge in [-0.25, -0.2) is 4.98 Å². The first-order valence-corrected chi connectivity index (χ1v) is 7.91. The van der Waals surface area contributed by atoms with E-state index in [1.807, 2.05) is 19.2 Å². The topological polar surface area (TPSA) is 62.3 Å². The summed E-state index contributed by atoms with van der Waals surface area (Å²) in [6.07, 6.45) is 3.70. The number of thiazole rings is 1. The third-order valence-corrected chi connectivity index (χ3v) is 4.79. The molecule has 2 atom stereocenters. The number of carbonyl (C=O) groups is 2. The summed E-state index contributed by atoms with van der Waals surface area (Å²) in [5.41, 5.74) is -0.772. The Labute approximate surface area is 123 Å². The molecule has 1 saturated heterocycles. The number of aromatic nitrogens is 1. The molecule has 1 fully saturated rings. The van der Waals surface area contributed by atoms with Crippen LogP contribution in [0.15, 0.2) is 11.6 Å². The van der Waals surface area contributed by atoms with Crippen LogP contribution in [0.4, 0.5) is 0 Å². The number of nitrogens with zero attached hydrogens (tertiary/aromatic N) is 2. The zero-order valence-electron chi connectivity index (χ0n) is 12.2. The summed E-state index contributed by atoms with van der Waals surface area (Å²) in [7, 11) is 0. The van der Waals surface area contributed by atoms with Gasteiger partial charge in [0.2, 0.25) is 11.8 Å². The van der Waals surface area contributed by atoms with Gasteiger partial charge in [0.25, 0.3) is 0 Å². The predicted molar refractivity (Wildman–Crippen MR) is 78.4 cm³/mol. The number of rotatable bonds is 5. The molecule has 0 spiro atoms. The van der Waals surface area contributed by atoms with E-state index in [9.17, 15) is 9.59 Å². The van der Waals surface area contributed by atoms with Crippen molar-refractivity contribution >= 4 is 23.2 Å². The molecule has 1 aliphatic heterocycles. The Morgan fingerprint density at radius 3 is 2.75 bits per heavy atom. The number of nitrogens with one attached hydrogen (secondary N) is 1. The summed E-state index contributed by atoms with van der Waals surface area (Å²) < 4.78 is 0. The van der Waals surface area contributed by atoms with E-state index in [2.05, 4.69) is 10.3 Å². The molecular formula is C14H21N3O2S. The number of carbonyl (C=O) groups excluding carboxylic acids is 2. The Kier molecular flexibility index (Phi) is 4.42. The summed E-state index contributed by atoms with van der Waals surface area (Å²) in [5, 5.41) is 5.79. The lowest BCUT2D eigenvalue weighted by Crippen LogP contribution is -2.69. The summed E-state index contributed by atoms with van der Waals surface area (Å²) in [4.78, 5) is 30.8. The van der Waals surface area contributed by atoms with Crippen molar-refractivity contribution in [3.63, 3.8) is 0 Å². The largest absolute Gasteiger partial charge is 0.340 e. The molecule has 1 aromatic heterocycles. The van der Waals surface area contributed by atoms with Crippen LogP contribution in [0, 0.1) is 0 Å². The first kappa shape index (κ1) is 15.0. The molecule has 0 saturated carbocycles. The van der Waals surface area contributed by atoms with E-state index in [1.165, 1.54) is 0 Å². The van der Waals surface area contributed by atoms with Crippen LogP contribution in [0.1, 0.15) is 38.6 Å². The van der Waals surface area contributed by atoms with Gasteiger partial charge in [0, 0.05) is 24.5 Å². The normalized spacial score (nSPS) is 26.8. The Balaban J connectivity index is 2.16. The fraction of sp³-hybridized carbons (Fsp3) is 0.643. The number of amides is 2. The molecule has 5 nitrogen and oxygen atoms in total. The molecule has 0 radical (unpaired) electrons. The van der Waals surface area contributed by atoms with Crippen LogP contribution in [0.5, 0.6) is 0 Å². The van der Waals surface area contributed by atoms with E-state index in [4.69, 9.17) is 0 Å². The van der Waals surface area contributed by atoms with Crippen LogP contribution in [0.25, 0.3) is 0 Å². The maximum absolute atomic E-state index is 12.6. The van der Waals surface area contributed by atoms with Gasteiger partial charge in [-0.05, 0) is 19.8 Å². The SMILES string of the molecule is CCC1C(=O)NC(C)(CC)C(=O)N1CCc1nccs1. The lowest BCUT2D eigenvalue weighted by Gasteiger charge is -2.44. The van der Waals surface area contributed by atoms with Crippen molar-refractivity contribution in [1.82, 2.24) is 15.2 Å². The van der Waals surface area contributed by atoms with Crippen molar-refractivity contribution in [2.45, 2.75) is 51.6 Å². The van der Waals surface area contributed by atoms with Crippen LogP contribution < -0.4 is 5.32 Å². The molecule has 0 aromatic carbocycles. The molecular weight excluding hydrogens is 274 g/mol. The second-order valence-electron chi connectivity index (χ2n) is 5.27. The third-order valence-electron chi connectivity index (χ3n) is 3.95. The van der Waals surface area contributed by atoms with Gasteiger partial charge in [0.05, 0.1) is 5.01 Å². The van der Waals surface area contributed by atoms with Crippen LogP contribution in [0.2, 0.25) is 0 Å². The van der Waals surface area contributed by atoms with Crippen molar-refractivity contribution < 1.29 is 9.59 Å². The second kappa shape index (κ2) is 5.91. The van der Waals surface area contributed by atoms with Crippen molar-refractivity contribution in [2.24, 2.45) is 0 Å². The zero-order chi connectivity index (χ0) is 14.8. The van der Waals surface area contributed by atoms with Gasteiger partial charge in [-0.15, -0.1) is 11.3 Å². The third kappa shape index (κ3) is 2.70. The van der Waals surface area contributed by atoms with E-state index < -0.39 is 5.54 Å². The van der Waals surface area contributed by atoms with Gasteiger partial charge < -0.3 is 10.2 Å². The standard InChI is InChI=1S/C14H21N3O2S/c1-4-10-12(18)16-14(3,5-2)13(19)17(10)8-6-11-15-7-9-20-11/h7,9-10H,4-6,8H2,1-3H3,(H,16,18). The predicted octanol–water partition coefficient (Wildman–Crippen LogP) is 1.59. The van der Waals surface area contributed by atoms with Crippen LogP contribution in [-0.2, 0) is 16.0 Å². The molecule has 1 N–H and O–H groups in total. The van der Waals surface area contributed by atoms with Crippen molar-refractivity contribution in [2.75, 3.05) is 6.54 Å². The summed E-state index contributed by atoms with van der Waals surface area (Å²) in [6.45, 7) is 6.20. The van der Waals surface area contributed by atoms with Gasteiger partial charge in [-0.1, -0.05) is 13.8 Å². The fourth-order valence-corrected chi connectivity index (χ4v) is 3.11. The zero-order valence-corrected chi connectivity index (χ0v) is 13.0. The molecule has 110 valence electrons. The molecule has 2 unspecified atom stereocenters. The number of piperazine rings is 1. The quantitative estimate of drug-likeness (QED) is 0.897.